The molecule has 2 heteroatoms. The van der Waals surface area contributed by atoms with Gasteiger partial charge in [-0.25, -0.2) is 0 Å². The van der Waals surface area contributed by atoms with Crippen LogP contribution in [0.2, 0.25) is 0 Å². The standard InChI is InChI=1S/C8H12O2/c1-4-8-9-5-7(10-8)6(2)3/h2,4,6-8H,1,5H2,3H3. The van der Waals surface area contributed by atoms with Crippen molar-refractivity contribution in [2.24, 2.45) is 5.92 Å². The Morgan fingerprint density at radius 2 is 2.50 bits per heavy atom. The van der Waals surface area contributed by atoms with Gasteiger partial charge in [0, 0.05) is 0 Å². The van der Waals surface area contributed by atoms with Crippen molar-refractivity contribution < 1.29 is 9.47 Å². The molecule has 56 valence electrons. The van der Waals surface area contributed by atoms with Crippen LogP contribution in [0, 0.1) is 12.8 Å². The summed E-state index contributed by atoms with van der Waals surface area (Å²) in [5, 5.41) is 0. The molecule has 0 aliphatic carbocycles. The minimum absolute atomic E-state index is 0.0306. The summed E-state index contributed by atoms with van der Waals surface area (Å²) in [7, 11) is 0. The summed E-state index contributed by atoms with van der Waals surface area (Å²) in [6.07, 6.45) is 1.40. The van der Waals surface area contributed by atoms with Crippen LogP contribution in [-0.2, 0) is 9.47 Å². The lowest BCUT2D eigenvalue weighted by molar-refractivity contribution is -0.0258. The fourth-order valence-corrected chi connectivity index (χ4v) is 0.840. The quantitative estimate of drug-likeness (QED) is 0.537. The first-order valence-electron chi connectivity index (χ1n) is 3.39. The Labute approximate surface area is 61.8 Å². The zero-order valence-electron chi connectivity index (χ0n) is 6.12. The van der Waals surface area contributed by atoms with Crippen molar-refractivity contribution >= 4 is 0 Å². The third kappa shape index (κ3) is 1.58. The van der Waals surface area contributed by atoms with E-state index >= 15 is 0 Å². The minimum Gasteiger partial charge on any atom is -0.346 e. The largest absolute Gasteiger partial charge is 0.346 e. The van der Waals surface area contributed by atoms with Gasteiger partial charge in [-0.05, 0) is 18.9 Å². The summed E-state index contributed by atoms with van der Waals surface area (Å²) >= 11 is 0. The predicted octanol–water partition coefficient (Wildman–Crippen LogP) is 1.26. The normalized spacial score (nSPS) is 33.1. The SMILES string of the molecule is [CH]C(C)C1COC(C=C)O1. The minimum atomic E-state index is -0.254. The molecule has 0 aromatic rings. The summed E-state index contributed by atoms with van der Waals surface area (Å²) in [5.74, 6) is 0.0324. The zero-order chi connectivity index (χ0) is 7.56. The zero-order valence-corrected chi connectivity index (χ0v) is 6.12. The van der Waals surface area contributed by atoms with Gasteiger partial charge in [-0.15, -0.1) is 0 Å². The van der Waals surface area contributed by atoms with Crippen LogP contribution in [0.4, 0.5) is 0 Å². The lowest BCUT2D eigenvalue weighted by atomic mass is 10.1. The number of hydrogen-bond donors (Lipinski definition) is 0. The first kappa shape index (κ1) is 7.76. The highest BCUT2D eigenvalue weighted by atomic mass is 16.7. The fraction of sp³-hybridized carbons (Fsp3) is 0.625. The van der Waals surface area contributed by atoms with Gasteiger partial charge in [0.15, 0.2) is 6.29 Å². The van der Waals surface area contributed by atoms with Gasteiger partial charge in [-0.2, -0.15) is 0 Å². The van der Waals surface area contributed by atoms with Gasteiger partial charge in [0.1, 0.15) is 0 Å². The average Bonchev–Trinajstić information content (AvgIpc) is 2.34. The van der Waals surface area contributed by atoms with E-state index in [9.17, 15) is 0 Å². The van der Waals surface area contributed by atoms with Crippen LogP contribution in [0.25, 0.3) is 0 Å². The van der Waals surface area contributed by atoms with E-state index in [1.165, 1.54) is 0 Å². The monoisotopic (exact) mass is 140 g/mol. The van der Waals surface area contributed by atoms with Crippen molar-refractivity contribution in [3.8, 4) is 0 Å². The van der Waals surface area contributed by atoms with Crippen LogP contribution < -0.4 is 0 Å². The van der Waals surface area contributed by atoms with Gasteiger partial charge in [-0.3, -0.25) is 0 Å². The number of hydrogen-bond acceptors (Lipinski definition) is 2. The molecule has 1 aliphatic heterocycles. The van der Waals surface area contributed by atoms with Gasteiger partial charge >= 0.3 is 0 Å². The molecule has 1 fully saturated rings. The summed E-state index contributed by atoms with van der Waals surface area (Å²) < 4.78 is 10.5. The van der Waals surface area contributed by atoms with E-state index < -0.39 is 0 Å². The Kier molecular flexibility index (Phi) is 2.46. The highest BCUT2D eigenvalue weighted by molar-refractivity contribution is 4.81. The Hall–Kier alpha value is -0.340. The molecule has 0 aromatic carbocycles. The molecule has 10 heavy (non-hydrogen) atoms. The summed E-state index contributed by atoms with van der Waals surface area (Å²) in [5.41, 5.74) is 0. The van der Waals surface area contributed by atoms with E-state index in [1.54, 1.807) is 6.08 Å². The molecule has 3 atom stereocenters. The number of rotatable bonds is 2. The molecule has 3 unspecified atom stereocenters. The average molecular weight is 140 g/mol. The molecule has 0 bridgehead atoms. The topological polar surface area (TPSA) is 18.5 Å². The molecule has 1 heterocycles. The summed E-state index contributed by atoms with van der Waals surface area (Å²) in [6.45, 7) is 11.6. The van der Waals surface area contributed by atoms with Crippen LogP contribution in [0.15, 0.2) is 12.7 Å². The van der Waals surface area contributed by atoms with Gasteiger partial charge in [0.2, 0.25) is 0 Å². The second-order valence-corrected chi connectivity index (χ2v) is 2.47. The summed E-state index contributed by atoms with van der Waals surface area (Å²) in [4.78, 5) is 0. The van der Waals surface area contributed by atoms with Crippen molar-refractivity contribution in [2.45, 2.75) is 19.3 Å². The molecule has 1 aliphatic rings. The van der Waals surface area contributed by atoms with Crippen molar-refractivity contribution in [2.75, 3.05) is 6.61 Å². The smallest absolute Gasteiger partial charge is 0.177 e. The second-order valence-electron chi connectivity index (χ2n) is 2.47. The molecular formula is C8H12O2. The van der Waals surface area contributed by atoms with E-state index in [2.05, 4.69) is 6.58 Å². The molecule has 1 rings (SSSR count). The van der Waals surface area contributed by atoms with Gasteiger partial charge in [0.25, 0.3) is 0 Å². The van der Waals surface area contributed by atoms with Crippen molar-refractivity contribution in [3.63, 3.8) is 0 Å². The summed E-state index contributed by atoms with van der Waals surface area (Å²) in [6, 6.07) is 0. The number of ether oxygens (including phenoxy) is 2. The first-order chi connectivity index (χ1) is 4.74. The molecular weight excluding hydrogens is 128 g/mol. The first-order valence-corrected chi connectivity index (χ1v) is 3.39. The third-order valence-electron chi connectivity index (χ3n) is 1.51. The van der Waals surface area contributed by atoms with Crippen LogP contribution in [0.3, 0.4) is 0 Å². The molecule has 0 spiro atoms. The van der Waals surface area contributed by atoms with E-state index in [4.69, 9.17) is 16.4 Å². The molecule has 2 nitrogen and oxygen atoms in total. The van der Waals surface area contributed by atoms with Crippen LogP contribution in [0.1, 0.15) is 6.92 Å². The van der Waals surface area contributed by atoms with E-state index in [0.29, 0.717) is 6.61 Å². The predicted molar refractivity (Wildman–Crippen MR) is 38.3 cm³/mol. The van der Waals surface area contributed by atoms with Gasteiger partial charge in [0.05, 0.1) is 12.7 Å². The van der Waals surface area contributed by atoms with Crippen molar-refractivity contribution in [1.82, 2.24) is 0 Å². The fourth-order valence-electron chi connectivity index (χ4n) is 0.840. The van der Waals surface area contributed by atoms with Gasteiger partial charge < -0.3 is 9.47 Å². The maximum atomic E-state index is 5.58. The Morgan fingerprint density at radius 1 is 1.80 bits per heavy atom. The molecule has 0 aromatic heterocycles. The molecule has 2 radical (unpaired) electrons. The van der Waals surface area contributed by atoms with Crippen molar-refractivity contribution in [1.29, 1.82) is 0 Å². The molecule has 1 saturated heterocycles. The lowest BCUT2D eigenvalue weighted by Crippen LogP contribution is -2.18. The highest BCUT2D eigenvalue weighted by Crippen LogP contribution is 2.17. The van der Waals surface area contributed by atoms with Crippen LogP contribution in [0.5, 0.6) is 0 Å². The second kappa shape index (κ2) is 3.17. The lowest BCUT2D eigenvalue weighted by Gasteiger charge is -2.10. The third-order valence-corrected chi connectivity index (χ3v) is 1.51. The molecule has 0 saturated carbocycles. The molecule has 0 N–H and O–H groups in total. The van der Waals surface area contributed by atoms with E-state index in [1.807, 2.05) is 6.92 Å². The maximum Gasteiger partial charge on any atom is 0.177 e. The van der Waals surface area contributed by atoms with Crippen LogP contribution >= 0.6 is 0 Å². The maximum absolute atomic E-state index is 5.58. The van der Waals surface area contributed by atoms with E-state index in [0.717, 1.165) is 0 Å². The highest BCUT2D eigenvalue weighted by Gasteiger charge is 2.25. The Bertz CT molecular complexity index is 120. The van der Waals surface area contributed by atoms with E-state index in [-0.39, 0.29) is 18.3 Å². The Balaban J connectivity index is 2.35. The van der Waals surface area contributed by atoms with Gasteiger partial charge in [-0.1, -0.05) is 13.5 Å². The Morgan fingerprint density at radius 3 is 2.80 bits per heavy atom. The van der Waals surface area contributed by atoms with Crippen molar-refractivity contribution in [3.05, 3.63) is 19.6 Å². The molecule has 0 amide bonds. The van der Waals surface area contributed by atoms with Crippen LogP contribution in [-0.4, -0.2) is 19.0 Å².